The Balaban J connectivity index is 1.99. The van der Waals surface area contributed by atoms with Gasteiger partial charge in [-0.2, -0.15) is 0 Å². The molecule has 3 heteroatoms. The van der Waals surface area contributed by atoms with Crippen LogP contribution >= 0.6 is 0 Å². The van der Waals surface area contributed by atoms with E-state index in [1.807, 2.05) is 6.26 Å². The van der Waals surface area contributed by atoms with E-state index in [0.717, 1.165) is 6.42 Å². The molecule has 0 N–H and O–H groups in total. The number of carbonyl (C=O) groups excluding carboxylic acids is 1. The molecule has 2 aliphatic carbocycles. The molecule has 0 bridgehead atoms. The Morgan fingerprint density at radius 3 is 2.90 bits per heavy atom. The van der Waals surface area contributed by atoms with Gasteiger partial charge >= 0.3 is 5.97 Å². The van der Waals surface area contributed by atoms with Crippen molar-refractivity contribution in [2.24, 2.45) is 23.2 Å². The monoisotopic (exact) mass is 278 g/mol. The molecule has 0 spiro atoms. The molecule has 1 aliphatic heterocycles. The molecule has 0 amide bonds. The molecule has 1 heterocycles. The lowest BCUT2D eigenvalue weighted by Gasteiger charge is -2.56. The molecule has 3 aliphatic rings. The number of hydrogen-bond donors (Lipinski definition) is 0. The number of ether oxygens (including phenoxy) is 2. The van der Waals surface area contributed by atoms with E-state index in [4.69, 9.17) is 9.47 Å². The molecule has 0 radical (unpaired) electrons. The van der Waals surface area contributed by atoms with Gasteiger partial charge in [0.15, 0.2) is 0 Å². The summed E-state index contributed by atoms with van der Waals surface area (Å²) in [6.07, 6.45) is 6.95. The van der Waals surface area contributed by atoms with Crippen LogP contribution in [0.15, 0.2) is 11.8 Å². The van der Waals surface area contributed by atoms with Gasteiger partial charge < -0.3 is 9.47 Å². The van der Waals surface area contributed by atoms with Gasteiger partial charge in [-0.25, -0.2) is 0 Å². The van der Waals surface area contributed by atoms with Crippen LogP contribution in [0, 0.1) is 23.2 Å². The van der Waals surface area contributed by atoms with Gasteiger partial charge in [0.25, 0.3) is 0 Å². The summed E-state index contributed by atoms with van der Waals surface area (Å²) in [5.41, 5.74) is 1.33. The summed E-state index contributed by atoms with van der Waals surface area (Å²) in [5.74, 6) is 1.30. The lowest BCUT2D eigenvalue weighted by Crippen LogP contribution is -2.58. The summed E-state index contributed by atoms with van der Waals surface area (Å²) in [5, 5.41) is 0. The Hall–Kier alpha value is -0.990. The second-order valence-electron chi connectivity index (χ2n) is 7.22. The molecule has 0 aromatic rings. The zero-order chi connectivity index (χ0) is 14.5. The number of rotatable bonds is 1. The third-order valence-corrected chi connectivity index (χ3v) is 6.24. The fraction of sp³-hybridized carbons (Fsp3) is 0.824. The predicted molar refractivity (Wildman–Crippen MR) is 76.9 cm³/mol. The Labute approximate surface area is 121 Å². The molecular weight excluding hydrogens is 252 g/mol. The van der Waals surface area contributed by atoms with E-state index in [1.165, 1.54) is 31.8 Å². The zero-order valence-electron chi connectivity index (χ0n) is 13.0. The summed E-state index contributed by atoms with van der Waals surface area (Å²) in [4.78, 5) is 11.6. The summed E-state index contributed by atoms with van der Waals surface area (Å²) < 4.78 is 11.7. The fourth-order valence-corrected chi connectivity index (χ4v) is 4.91. The van der Waals surface area contributed by atoms with E-state index in [1.54, 1.807) is 0 Å². The molecule has 3 nitrogen and oxygen atoms in total. The summed E-state index contributed by atoms with van der Waals surface area (Å²) >= 11 is 0. The normalized spacial score (nSPS) is 46.8. The average molecular weight is 278 g/mol. The maximum absolute atomic E-state index is 11.6. The first kappa shape index (κ1) is 14.0. The predicted octanol–water partition coefficient (Wildman–Crippen LogP) is 3.68. The van der Waals surface area contributed by atoms with Crippen LogP contribution in [0.25, 0.3) is 0 Å². The van der Waals surface area contributed by atoms with E-state index in [-0.39, 0.29) is 29.5 Å². The van der Waals surface area contributed by atoms with Crippen LogP contribution in [0.2, 0.25) is 0 Å². The van der Waals surface area contributed by atoms with Crippen LogP contribution in [-0.4, -0.2) is 18.2 Å². The van der Waals surface area contributed by atoms with Crippen LogP contribution in [0.1, 0.15) is 53.4 Å². The minimum absolute atomic E-state index is 0.0298. The first-order valence-electron chi connectivity index (χ1n) is 7.94. The maximum Gasteiger partial charge on any atom is 0.302 e. The lowest BCUT2D eigenvalue weighted by atomic mass is 9.51. The molecule has 6 atom stereocenters. The summed E-state index contributed by atoms with van der Waals surface area (Å²) in [6.45, 7) is 8.32. The van der Waals surface area contributed by atoms with Gasteiger partial charge in [-0.05, 0) is 37.2 Å². The topological polar surface area (TPSA) is 35.5 Å². The van der Waals surface area contributed by atoms with Crippen molar-refractivity contribution in [3.8, 4) is 0 Å². The van der Waals surface area contributed by atoms with E-state index in [2.05, 4.69) is 20.8 Å². The van der Waals surface area contributed by atoms with Crippen molar-refractivity contribution in [1.82, 2.24) is 0 Å². The summed E-state index contributed by atoms with van der Waals surface area (Å²) in [6, 6.07) is 0. The van der Waals surface area contributed by atoms with Gasteiger partial charge in [-0.15, -0.1) is 0 Å². The Kier molecular flexibility index (Phi) is 3.34. The van der Waals surface area contributed by atoms with Gasteiger partial charge in [0.1, 0.15) is 12.2 Å². The van der Waals surface area contributed by atoms with Crippen molar-refractivity contribution in [2.45, 2.75) is 65.6 Å². The van der Waals surface area contributed by atoms with Gasteiger partial charge in [0.05, 0.1) is 12.2 Å². The Morgan fingerprint density at radius 2 is 2.20 bits per heavy atom. The van der Waals surface area contributed by atoms with Crippen molar-refractivity contribution >= 4 is 5.97 Å². The van der Waals surface area contributed by atoms with E-state index < -0.39 is 0 Å². The Bertz CT molecular complexity index is 442. The highest BCUT2D eigenvalue weighted by molar-refractivity contribution is 5.66. The van der Waals surface area contributed by atoms with Crippen LogP contribution < -0.4 is 0 Å². The molecule has 20 heavy (non-hydrogen) atoms. The molecule has 0 saturated heterocycles. The van der Waals surface area contributed by atoms with E-state index >= 15 is 0 Å². The maximum atomic E-state index is 11.6. The van der Waals surface area contributed by atoms with Crippen molar-refractivity contribution in [3.63, 3.8) is 0 Å². The lowest BCUT2D eigenvalue weighted by molar-refractivity contribution is -0.188. The number of esters is 1. The minimum atomic E-state index is -0.159. The largest absolute Gasteiger partial charge is 0.497 e. The molecule has 3 rings (SSSR count). The van der Waals surface area contributed by atoms with Crippen molar-refractivity contribution in [3.05, 3.63) is 11.8 Å². The molecule has 2 fully saturated rings. The van der Waals surface area contributed by atoms with E-state index in [9.17, 15) is 4.79 Å². The molecule has 0 aromatic carbocycles. The molecule has 112 valence electrons. The van der Waals surface area contributed by atoms with Gasteiger partial charge in [-0.1, -0.05) is 26.7 Å². The SMILES string of the molecule is CC(=O)OC1C2C(C)=COC2CC2CCCC(C)C21C. The van der Waals surface area contributed by atoms with Crippen LogP contribution in [0.5, 0.6) is 0 Å². The first-order chi connectivity index (χ1) is 9.44. The van der Waals surface area contributed by atoms with Gasteiger partial charge in [0, 0.05) is 12.3 Å². The number of fused-ring (bicyclic) bond motifs is 2. The quantitative estimate of drug-likeness (QED) is 0.686. The van der Waals surface area contributed by atoms with Crippen LogP contribution in [0.4, 0.5) is 0 Å². The number of carbonyl (C=O) groups is 1. The van der Waals surface area contributed by atoms with E-state index in [0.29, 0.717) is 11.8 Å². The third kappa shape index (κ3) is 1.89. The molecule has 2 saturated carbocycles. The number of hydrogen-bond acceptors (Lipinski definition) is 3. The zero-order valence-corrected chi connectivity index (χ0v) is 13.0. The highest BCUT2D eigenvalue weighted by Gasteiger charge is 2.59. The standard InChI is InChI=1S/C17H26O3/c1-10-9-19-14-8-13-7-5-6-11(2)17(13,4)16(15(10)14)20-12(3)18/h9,11,13-16H,5-8H2,1-4H3. The molecule has 6 unspecified atom stereocenters. The van der Waals surface area contributed by atoms with Crippen LogP contribution in [-0.2, 0) is 14.3 Å². The van der Waals surface area contributed by atoms with Crippen molar-refractivity contribution < 1.29 is 14.3 Å². The molecular formula is C17H26O3. The van der Waals surface area contributed by atoms with Crippen molar-refractivity contribution in [2.75, 3.05) is 0 Å². The molecule has 0 aromatic heterocycles. The Morgan fingerprint density at radius 1 is 1.45 bits per heavy atom. The second kappa shape index (κ2) is 4.78. The van der Waals surface area contributed by atoms with Crippen molar-refractivity contribution in [1.29, 1.82) is 0 Å². The van der Waals surface area contributed by atoms with Crippen LogP contribution in [0.3, 0.4) is 0 Å². The smallest absolute Gasteiger partial charge is 0.302 e. The van der Waals surface area contributed by atoms with Gasteiger partial charge in [0.2, 0.25) is 0 Å². The van der Waals surface area contributed by atoms with Gasteiger partial charge in [-0.3, -0.25) is 4.79 Å². The summed E-state index contributed by atoms with van der Waals surface area (Å²) in [7, 11) is 0. The third-order valence-electron chi connectivity index (χ3n) is 6.24. The highest BCUT2D eigenvalue weighted by Crippen LogP contribution is 2.58. The first-order valence-corrected chi connectivity index (χ1v) is 7.94. The minimum Gasteiger partial charge on any atom is -0.497 e. The highest BCUT2D eigenvalue weighted by atomic mass is 16.5. The average Bonchev–Trinajstić information content (AvgIpc) is 2.73. The second-order valence-corrected chi connectivity index (χ2v) is 7.22. The fourth-order valence-electron chi connectivity index (χ4n) is 4.91.